The quantitative estimate of drug-likeness (QED) is 0.0668. The molecule has 0 aliphatic heterocycles. The van der Waals surface area contributed by atoms with Crippen LogP contribution in [0.2, 0.25) is 10.6 Å². The van der Waals surface area contributed by atoms with Gasteiger partial charge in [0.2, 0.25) is 34.4 Å². The number of anilines is 6. The van der Waals surface area contributed by atoms with E-state index >= 15 is 0 Å². The molecule has 8 N–H and O–H groups in total. The van der Waals surface area contributed by atoms with Crippen LogP contribution >= 0.6 is 23.2 Å². The summed E-state index contributed by atoms with van der Waals surface area (Å²) in [4.78, 5) is 21.4. The Morgan fingerprint density at radius 2 is 0.885 bits per heavy atom. The zero-order valence-electron chi connectivity index (χ0n) is 25.9. The maximum absolute atomic E-state index is 12.3. The molecule has 0 aliphatic rings. The maximum atomic E-state index is 12.3. The van der Waals surface area contributed by atoms with Crippen molar-refractivity contribution in [1.29, 1.82) is 0 Å². The van der Waals surface area contributed by atoms with Gasteiger partial charge in [-0.05, 0) is 72.4 Å². The van der Waals surface area contributed by atoms with Gasteiger partial charge >= 0.3 is 0 Å². The van der Waals surface area contributed by atoms with Crippen molar-refractivity contribution in [2.75, 3.05) is 21.3 Å². The zero-order valence-corrected chi connectivity index (χ0v) is 30.7. The van der Waals surface area contributed by atoms with Gasteiger partial charge in [0, 0.05) is 11.4 Å². The smallest absolute Gasteiger partial charge is 0.295 e. The van der Waals surface area contributed by atoms with Crippen molar-refractivity contribution >= 4 is 111 Å². The van der Waals surface area contributed by atoms with E-state index in [2.05, 4.69) is 51.2 Å². The highest BCUT2D eigenvalue weighted by Crippen LogP contribution is 2.28. The molecule has 4 aromatic rings. The van der Waals surface area contributed by atoms with Gasteiger partial charge in [0.15, 0.2) is 10.7 Å². The fourth-order valence-electron chi connectivity index (χ4n) is 3.84. The number of benzene rings is 2. The average molecular weight is 844 g/mol. The fraction of sp³-hybridized carbons (Fsp3) is 0.167. The van der Waals surface area contributed by atoms with Gasteiger partial charge < -0.3 is 21.3 Å². The summed E-state index contributed by atoms with van der Waals surface area (Å²) in [5.41, 5.74) is -0.375. The Bertz CT molecular complexity index is 2340. The Morgan fingerprint density at radius 3 is 1.19 bits per heavy atom. The van der Waals surface area contributed by atoms with Crippen molar-refractivity contribution in [3.63, 3.8) is 0 Å². The van der Waals surface area contributed by atoms with Gasteiger partial charge in [-0.2, -0.15) is 63.6 Å². The second-order valence-electron chi connectivity index (χ2n) is 10.1. The van der Waals surface area contributed by atoms with Gasteiger partial charge in [-0.15, -0.1) is 0 Å². The van der Waals surface area contributed by atoms with Crippen LogP contribution in [-0.4, -0.2) is 92.5 Å². The van der Waals surface area contributed by atoms with Crippen molar-refractivity contribution in [2.24, 2.45) is 0 Å². The zero-order chi connectivity index (χ0) is 38.8. The van der Waals surface area contributed by atoms with Crippen LogP contribution in [0.15, 0.2) is 46.2 Å². The molecule has 0 spiro atoms. The molecule has 0 radical (unpaired) electrons. The first-order valence-corrected chi connectivity index (χ1v) is 20.3. The molecule has 0 saturated carbocycles. The molecule has 0 bridgehead atoms. The lowest BCUT2D eigenvalue weighted by Crippen LogP contribution is -2.26. The summed E-state index contributed by atoms with van der Waals surface area (Å²) in [5, 5.41) is 5.88. The van der Waals surface area contributed by atoms with Gasteiger partial charge in [-0.1, -0.05) is 24.3 Å². The monoisotopic (exact) mass is 842 g/mol. The first-order valence-electron chi connectivity index (χ1n) is 13.6. The number of hydrogen-bond acceptors (Lipinski definition) is 18. The minimum Gasteiger partial charge on any atom is -0.336 e. The summed E-state index contributed by atoms with van der Waals surface area (Å²) in [5.74, 6) is -1.36. The Morgan fingerprint density at radius 1 is 0.558 bits per heavy atom. The average Bonchev–Trinajstić information content (AvgIpc) is 2.98. The largest absolute Gasteiger partial charge is 0.336 e. The maximum Gasteiger partial charge on any atom is 0.295 e. The van der Waals surface area contributed by atoms with E-state index in [1.165, 1.54) is 24.3 Å². The van der Waals surface area contributed by atoms with Crippen molar-refractivity contribution in [1.82, 2.24) is 29.9 Å². The molecule has 2 heterocycles. The molecule has 28 heteroatoms. The Kier molecular flexibility index (Phi) is 11.9. The number of aromatic nitrogens is 6. The van der Waals surface area contributed by atoms with Crippen LogP contribution in [0, 0.1) is 0 Å². The number of nitrogens with one attached hydrogen (secondary N) is 4. The van der Waals surface area contributed by atoms with Crippen LogP contribution in [0.1, 0.15) is 25.0 Å². The molecular weight excluding hydrogens is 819 g/mol. The predicted octanol–water partition coefficient (Wildman–Crippen LogP) is 2.81. The van der Waals surface area contributed by atoms with Gasteiger partial charge in [0.25, 0.3) is 40.5 Å². The van der Waals surface area contributed by atoms with E-state index in [9.17, 15) is 51.9 Å². The van der Waals surface area contributed by atoms with Crippen LogP contribution in [0.4, 0.5) is 35.2 Å². The standard InChI is InChI=1S/C24H24Cl2N10O12S4/c1-11(49(37,38)39)27-21-31-19(25)33-23(35-21)29-15-7-5-13(17(9-15)51(43,44)45)3-4-14-6-8-16(10-18(14)52(46,47)48)30-24-34-20(26)32-22(36-24)28-12(2)50(40,41)42/h3-12H,1-2H3,(H,37,38,39)(H,40,41,42)(H,43,44,45)(H,46,47,48)(H2,27,29,31,33,35)(H2,28,30,32,34,36)/b4-3+. The fourth-order valence-corrected chi connectivity index (χ4v) is 6.09. The molecule has 2 aromatic heterocycles. The number of nitrogens with zero attached hydrogens (tertiary/aromatic N) is 6. The van der Waals surface area contributed by atoms with Gasteiger partial charge in [0.1, 0.15) is 9.79 Å². The van der Waals surface area contributed by atoms with Crippen molar-refractivity contribution < 1.29 is 51.9 Å². The highest BCUT2D eigenvalue weighted by Gasteiger charge is 2.22. The second kappa shape index (κ2) is 15.3. The Labute approximate surface area is 305 Å². The molecule has 52 heavy (non-hydrogen) atoms. The number of halogens is 2. The lowest BCUT2D eigenvalue weighted by atomic mass is 10.1. The summed E-state index contributed by atoms with van der Waals surface area (Å²) in [6, 6.07) is 6.92. The molecule has 0 saturated heterocycles. The van der Waals surface area contributed by atoms with Crippen LogP contribution in [-0.2, 0) is 40.5 Å². The minimum absolute atomic E-state index is 0.0286. The lowest BCUT2D eigenvalue weighted by Gasteiger charge is -2.13. The molecule has 280 valence electrons. The molecule has 0 aliphatic carbocycles. The van der Waals surface area contributed by atoms with Crippen LogP contribution in [0.25, 0.3) is 12.2 Å². The van der Waals surface area contributed by atoms with E-state index in [4.69, 9.17) is 23.2 Å². The highest BCUT2D eigenvalue weighted by atomic mass is 35.5. The summed E-state index contributed by atoms with van der Waals surface area (Å²) < 4.78 is 133. The number of rotatable bonds is 14. The van der Waals surface area contributed by atoms with E-state index in [1.807, 2.05) is 0 Å². The van der Waals surface area contributed by atoms with E-state index < -0.39 is 71.6 Å². The molecule has 4 rings (SSSR count). The SMILES string of the molecule is CC(Nc1nc(Cl)nc(Nc2ccc(/C=C/c3ccc(Nc4nc(Cl)nc(NC(C)S(=O)(=O)O)n4)cc3S(=O)(=O)O)c(S(=O)(=O)O)c2)n1)S(=O)(=O)O. The van der Waals surface area contributed by atoms with Crippen molar-refractivity contribution in [3.8, 4) is 0 Å². The lowest BCUT2D eigenvalue weighted by molar-refractivity contribution is 0.472. The molecule has 0 amide bonds. The summed E-state index contributed by atoms with van der Waals surface area (Å²) in [6.45, 7) is 2.19. The Balaban J connectivity index is 1.64. The summed E-state index contributed by atoms with van der Waals surface area (Å²) in [7, 11) is -19.0. The molecule has 2 aromatic carbocycles. The van der Waals surface area contributed by atoms with E-state index in [1.54, 1.807) is 0 Å². The third kappa shape index (κ3) is 11.1. The third-order valence-electron chi connectivity index (χ3n) is 6.31. The normalized spacial score (nSPS) is 13.8. The number of hydrogen-bond donors (Lipinski definition) is 8. The first kappa shape index (κ1) is 40.4. The first-order chi connectivity index (χ1) is 23.9. The highest BCUT2D eigenvalue weighted by molar-refractivity contribution is 7.87. The summed E-state index contributed by atoms with van der Waals surface area (Å²) in [6.07, 6.45) is 2.23. The topological polar surface area (TPSA) is 343 Å². The van der Waals surface area contributed by atoms with E-state index in [0.29, 0.717) is 0 Å². The molecular formula is C24H24Cl2N10O12S4. The molecule has 22 nitrogen and oxygen atoms in total. The molecule has 2 unspecified atom stereocenters. The van der Waals surface area contributed by atoms with E-state index in [-0.39, 0.29) is 46.3 Å². The van der Waals surface area contributed by atoms with Gasteiger partial charge in [-0.3, -0.25) is 18.2 Å². The second-order valence-corrected chi connectivity index (χ2v) is 17.1. The van der Waals surface area contributed by atoms with Crippen molar-refractivity contribution in [3.05, 3.63) is 58.1 Å². The predicted molar refractivity (Wildman–Crippen MR) is 187 cm³/mol. The van der Waals surface area contributed by atoms with Crippen molar-refractivity contribution in [2.45, 2.75) is 34.4 Å². The summed E-state index contributed by atoms with van der Waals surface area (Å²) >= 11 is 11.7. The van der Waals surface area contributed by atoms with Gasteiger partial charge in [0.05, 0.1) is 0 Å². The van der Waals surface area contributed by atoms with Crippen LogP contribution in [0.5, 0.6) is 0 Å². The van der Waals surface area contributed by atoms with E-state index in [0.717, 1.165) is 38.1 Å². The molecule has 2 atom stereocenters. The Hall–Kier alpha value is -4.38. The van der Waals surface area contributed by atoms with Crippen LogP contribution in [0.3, 0.4) is 0 Å². The minimum atomic E-state index is -4.94. The molecule has 0 fully saturated rings. The van der Waals surface area contributed by atoms with Gasteiger partial charge in [-0.25, -0.2) is 0 Å². The van der Waals surface area contributed by atoms with Crippen LogP contribution < -0.4 is 21.3 Å². The third-order valence-corrected chi connectivity index (χ3v) is 10.5.